The molecule has 0 bridgehead atoms. The van der Waals surface area contributed by atoms with Crippen molar-refractivity contribution in [3.8, 4) is 23.7 Å². The number of hydrogen-bond acceptors (Lipinski definition) is 0. The van der Waals surface area contributed by atoms with Crippen LogP contribution in [0.5, 0.6) is 0 Å². The van der Waals surface area contributed by atoms with E-state index in [0.29, 0.717) is 0 Å². The summed E-state index contributed by atoms with van der Waals surface area (Å²) in [6, 6.07) is 45.9. The molecule has 7 heteroatoms. The van der Waals surface area contributed by atoms with Crippen LogP contribution in [0.2, 0.25) is 0 Å². The predicted octanol–water partition coefficient (Wildman–Crippen LogP) is 8.13. The second-order valence-corrected chi connectivity index (χ2v) is 9.98. The number of halogens is 4. The molecule has 0 unspecified atom stereocenters. The van der Waals surface area contributed by atoms with Crippen LogP contribution in [0.4, 0.5) is 17.3 Å². The first-order valence-electron chi connectivity index (χ1n) is 14.0. The number of benzene rings is 5. The molecule has 44 heavy (non-hydrogen) atoms. The van der Waals surface area contributed by atoms with Gasteiger partial charge < -0.3 is 17.3 Å². The zero-order valence-corrected chi connectivity index (χ0v) is 23.7. The molecule has 0 aliphatic heterocycles. The summed E-state index contributed by atoms with van der Waals surface area (Å²) < 4.78 is 43.6. The van der Waals surface area contributed by atoms with Crippen LogP contribution in [0.15, 0.2) is 140 Å². The molecule has 0 aliphatic rings. The van der Waals surface area contributed by atoms with E-state index < -0.39 is 7.25 Å². The Morgan fingerprint density at radius 3 is 1.41 bits per heavy atom. The molecule has 5 aromatic carbocycles. The van der Waals surface area contributed by atoms with Crippen molar-refractivity contribution in [1.29, 1.82) is 0 Å². The summed E-state index contributed by atoms with van der Waals surface area (Å²) in [4.78, 5) is 0. The molecule has 216 valence electrons. The summed E-state index contributed by atoms with van der Waals surface area (Å²) in [5, 5.41) is 0. The van der Waals surface area contributed by atoms with E-state index in [2.05, 4.69) is 112 Å². The highest BCUT2D eigenvalue weighted by molar-refractivity contribution is 6.50. The number of hydrogen-bond donors (Lipinski definition) is 0. The quantitative estimate of drug-likeness (QED) is 0.0854. The van der Waals surface area contributed by atoms with Crippen LogP contribution < -0.4 is 4.57 Å². The van der Waals surface area contributed by atoms with Gasteiger partial charge in [0.2, 0.25) is 6.33 Å². The summed E-state index contributed by atoms with van der Waals surface area (Å²) >= 11 is 0. The molecule has 2 nitrogen and oxygen atoms in total. The molecule has 0 N–H and O–H groups in total. The van der Waals surface area contributed by atoms with E-state index in [-0.39, 0.29) is 0 Å². The maximum Gasteiger partial charge on any atom is 0.673 e. The number of nitrogens with zero attached hydrogens (tertiary/aromatic N) is 2. The van der Waals surface area contributed by atoms with Gasteiger partial charge in [-0.2, -0.15) is 0 Å². The Kier molecular flexibility index (Phi) is 9.59. The molecule has 1 heterocycles. The highest BCUT2D eigenvalue weighted by Gasteiger charge is 2.20. The van der Waals surface area contributed by atoms with Crippen LogP contribution in [0.25, 0.3) is 11.0 Å². The van der Waals surface area contributed by atoms with Crippen molar-refractivity contribution >= 4 is 18.3 Å². The van der Waals surface area contributed by atoms with E-state index in [1.165, 1.54) is 22.2 Å². The zero-order chi connectivity index (χ0) is 30.8. The Hall–Kier alpha value is -5.53. The SMILES string of the molecule is C(#Cc1ccc(Cn2c[n+](Cc3ccc(C#Cc4ccccc4)cc3)c3ccccc32)cc1)c1ccccc1.F[B-](F)(F)F. The normalized spacial score (nSPS) is 10.5. The van der Waals surface area contributed by atoms with E-state index in [9.17, 15) is 17.3 Å². The van der Waals surface area contributed by atoms with Gasteiger partial charge in [0.1, 0.15) is 13.1 Å². The van der Waals surface area contributed by atoms with E-state index in [1.807, 2.05) is 60.7 Å². The van der Waals surface area contributed by atoms with Gasteiger partial charge in [-0.1, -0.05) is 96.5 Å². The number of para-hydroxylation sites is 2. The summed E-state index contributed by atoms with van der Waals surface area (Å²) in [5.74, 6) is 13.0. The number of aromatic nitrogens is 2. The van der Waals surface area contributed by atoms with Gasteiger partial charge in [-0.25, -0.2) is 9.13 Å². The molecule has 0 saturated heterocycles. The Morgan fingerprint density at radius 2 is 0.909 bits per heavy atom. The van der Waals surface area contributed by atoms with Gasteiger partial charge in [-0.15, -0.1) is 0 Å². The molecule has 0 atom stereocenters. The molecule has 0 amide bonds. The van der Waals surface area contributed by atoms with Crippen LogP contribution in [0.3, 0.4) is 0 Å². The van der Waals surface area contributed by atoms with Crippen molar-refractivity contribution in [2.24, 2.45) is 0 Å². The van der Waals surface area contributed by atoms with E-state index in [4.69, 9.17) is 0 Å². The fraction of sp³-hybridized carbons (Fsp3) is 0.0541. The summed E-state index contributed by atoms with van der Waals surface area (Å²) in [5.41, 5.74) is 9.02. The second-order valence-electron chi connectivity index (χ2n) is 9.98. The molecule has 6 aromatic rings. The first kappa shape index (κ1) is 29.9. The van der Waals surface area contributed by atoms with Gasteiger partial charge in [-0.05, 0) is 71.8 Å². The first-order chi connectivity index (χ1) is 21.3. The van der Waals surface area contributed by atoms with Crippen molar-refractivity contribution in [3.63, 3.8) is 0 Å². The summed E-state index contributed by atoms with van der Waals surface area (Å²) in [7, 11) is -6.00. The minimum atomic E-state index is -6.00. The Labute approximate surface area is 254 Å². The minimum Gasteiger partial charge on any atom is -0.418 e. The van der Waals surface area contributed by atoms with Gasteiger partial charge in [0.15, 0.2) is 11.0 Å². The van der Waals surface area contributed by atoms with Crippen molar-refractivity contribution in [2.75, 3.05) is 0 Å². The van der Waals surface area contributed by atoms with Crippen LogP contribution in [-0.2, 0) is 13.1 Å². The topological polar surface area (TPSA) is 8.81 Å². The molecule has 0 spiro atoms. The van der Waals surface area contributed by atoms with E-state index in [0.717, 1.165) is 35.3 Å². The van der Waals surface area contributed by atoms with Crippen LogP contribution in [0.1, 0.15) is 33.4 Å². The third-order valence-electron chi connectivity index (χ3n) is 6.64. The maximum absolute atomic E-state index is 9.75. The van der Waals surface area contributed by atoms with Gasteiger partial charge in [-0.3, -0.25) is 0 Å². The van der Waals surface area contributed by atoms with Crippen molar-refractivity contribution in [3.05, 3.63) is 173 Å². The molecular weight excluding hydrogens is 559 g/mol. The van der Waals surface area contributed by atoms with Crippen molar-refractivity contribution in [2.45, 2.75) is 13.1 Å². The monoisotopic (exact) mass is 586 g/mol. The van der Waals surface area contributed by atoms with Gasteiger partial charge in [0.05, 0.1) is 0 Å². The van der Waals surface area contributed by atoms with Gasteiger partial charge in [0, 0.05) is 22.3 Å². The third kappa shape index (κ3) is 8.99. The summed E-state index contributed by atoms with van der Waals surface area (Å²) in [6.45, 7) is 1.60. The lowest BCUT2D eigenvalue weighted by molar-refractivity contribution is -0.663. The highest BCUT2D eigenvalue weighted by atomic mass is 19.5. The van der Waals surface area contributed by atoms with Crippen molar-refractivity contribution < 1.29 is 21.8 Å². The standard InChI is InChI=1S/C37H27N2.BF4/c1-3-9-30(10-4-1)15-17-32-19-23-34(24-20-32)27-38-29-39(37-14-8-7-13-36(37)38)28-35-25-21-33(22-26-35)18-16-31-11-5-2-6-12-31;2-1(3,4)5/h1-14,19-26,29H,27-28H2;/q+1;-1. The smallest absolute Gasteiger partial charge is 0.418 e. The lowest BCUT2D eigenvalue weighted by Gasteiger charge is -2.00. The van der Waals surface area contributed by atoms with E-state index in [1.54, 1.807) is 0 Å². The summed E-state index contributed by atoms with van der Waals surface area (Å²) in [6.07, 6.45) is 2.22. The van der Waals surface area contributed by atoms with Crippen LogP contribution in [-0.4, -0.2) is 11.8 Å². The Balaban J connectivity index is 0.000000712. The number of imidazole rings is 1. The fourth-order valence-corrected chi connectivity index (χ4v) is 4.61. The number of fused-ring (bicyclic) bond motifs is 1. The predicted molar refractivity (Wildman–Crippen MR) is 168 cm³/mol. The Morgan fingerprint density at radius 1 is 0.500 bits per heavy atom. The van der Waals surface area contributed by atoms with Gasteiger partial charge in [0.25, 0.3) is 0 Å². The second kappa shape index (κ2) is 14.1. The average Bonchev–Trinajstić information content (AvgIpc) is 3.37. The zero-order valence-electron chi connectivity index (χ0n) is 23.7. The van der Waals surface area contributed by atoms with Gasteiger partial charge >= 0.3 is 7.25 Å². The fourth-order valence-electron chi connectivity index (χ4n) is 4.61. The van der Waals surface area contributed by atoms with Crippen LogP contribution >= 0.6 is 0 Å². The molecule has 1 aromatic heterocycles. The molecule has 0 radical (unpaired) electrons. The minimum absolute atomic E-state index is 0.800. The largest absolute Gasteiger partial charge is 0.673 e. The molecule has 6 rings (SSSR count). The Bertz CT molecular complexity index is 1800. The number of rotatable bonds is 4. The highest BCUT2D eigenvalue weighted by Crippen LogP contribution is 2.15. The lowest BCUT2D eigenvalue weighted by Crippen LogP contribution is -2.32. The van der Waals surface area contributed by atoms with Crippen molar-refractivity contribution in [1.82, 2.24) is 4.57 Å². The molecule has 0 fully saturated rings. The average molecular weight is 586 g/mol. The first-order valence-corrected chi connectivity index (χ1v) is 14.0. The molecular formula is C37H27BF4N2. The van der Waals surface area contributed by atoms with Crippen LogP contribution in [0, 0.1) is 23.7 Å². The van der Waals surface area contributed by atoms with E-state index >= 15 is 0 Å². The molecule has 0 saturated carbocycles. The molecule has 0 aliphatic carbocycles. The maximum atomic E-state index is 9.75. The third-order valence-corrected chi connectivity index (χ3v) is 6.64. The lowest BCUT2D eigenvalue weighted by atomic mass is 10.1.